The predicted molar refractivity (Wildman–Crippen MR) is 103 cm³/mol. The molecule has 146 valence electrons. The van der Waals surface area contributed by atoms with Crippen molar-refractivity contribution in [2.24, 2.45) is 0 Å². The molecular formula is C18H20ClNO5S2. The van der Waals surface area contributed by atoms with Gasteiger partial charge >= 0.3 is 0 Å². The fourth-order valence-electron chi connectivity index (χ4n) is 3.06. The third-order valence-corrected chi connectivity index (χ3v) is 8.80. The van der Waals surface area contributed by atoms with Gasteiger partial charge in [0.05, 0.1) is 16.8 Å². The highest BCUT2D eigenvalue weighted by molar-refractivity contribution is 7.92. The topological polar surface area (TPSA) is 80.8 Å². The Morgan fingerprint density at radius 2 is 1.74 bits per heavy atom. The number of sulfonamides is 1. The first-order chi connectivity index (χ1) is 12.8. The molecule has 9 heteroatoms. The third-order valence-electron chi connectivity index (χ3n) is 4.46. The van der Waals surface area contributed by atoms with Gasteiger partial charge in [0.25, 0.3) is 0 Å². The molecule has 0 saturated carbocycles. The molecule has 1 saturated heterocycles. The lowest BCUT2D eigenvalue weighted by Gasteiger charge is -2.19. The van der Waals surface area contributed by atoms with E-state index in [2.05, 4.69) is 0 Å². The van der Waals surface area contributed by atoms with E-state index >= 15 is 0 Å². The molecule has 0 aromatic heterocycles. The number of nitrogens with zero attached hydrogens (tertiary/aromatic N) is 1. The van der Waals surface area contributed by atoms with Crippen LogP contribution in [-0.4, -0.2) is 46.1 Å². The zero-order valence-corrected chi connectivity index (χ0v) is 17.1. The highest BCUT2D eigenvalue weighted by Crippen LogP contribution is 2.32. The van der Waals surface area contributed by atoms with Crippen molar-refractivity contribution in [3.05, 3.63) is 53.6 Å². The van der Waals surface area contributed by atoms with E-state index in [0.29, 0.717) is 11.6 Å². The first-order valence-corrected chi connectivity index (χ1v) is 11.8. The van der Waals surface area contributed by atoms with E-state index in [9.17, 15) is 16.8 Å². The molecule has 6 nitrogen and oxygen atoms in total. The van der Waals surface area contributed by atoms with Gasteiger partial charge in [-0.3, -0.25) is 0 Å². The summed E-state index contributed by atoms with van der Waals surface area (Å²) in [7, 11) is -7.50. The Morgan fingerprint density at radius 1 is 1.07 bits per heavy atom. The average Bonchev–Trinajstić information content (AvgIpc) is 3.15. The van der Waals surface area contributed by atoms with Gasteiger partial charge in [-0.2, -0.15) is 4.31 Å². The number of benzene rings is 2. The molecule has 0 N–H and O–H groups in total. The number of para-hydroxylation sites is 1. The summed E-state index contributed by atoms with van der Waals surface area (Å²) in [4.78, 5) is 0.197. The van der Waals surface area contributed by atoms with Crippen LogP contribution in [-0.2, 0) is 19.9 Å². The van der Waals surface area contributed by atoms with E-state index < -0.39 is 25.1 Å². The van der Waals surface area contributed by atoms with E-state index in [1.165, 1.54) is 34.6 Å². The summed E-state index contributed by atoms with van der Waals surface area (Å²) < 4.78 is 58.3. The van der Waals surface area contributed by atoms with Crippen molar-refractivity contribution in [1.29, 1.82) is 0 Å². The summed E-state index contributed by atoms with van der Waals surface area (Å²) in [6.07, 6.45) is 0.237. The summed E-state index contributed by atoms with van der Waals surface area (Å²) in [5.41, 5.74) is 0. The Bertz CT molecular complexity index is 1020. The van der Waals surface area contributed by atoms with Crippen molar-refractivity contribution in [2.75, 3.05) is 19.7 Å². The van der Waals surface area contributed by atoms with Crippen molar-refractivity contribution in [2.45, 2.75) is 28.4 Å². The van der Waals surface area contributed by atoms with Crippen LogP contribution in [0.15, 0.2) is 58.3 Å². The largest absolute Gasteiger partial charge is 0.492 e. The number of hydrogen-bond donors (Lipinski definition) is 0. The van der Waals surface area contributed by atoms with Crippen LogP contribution in [0.3, 0.4) is 0 Å². The Kier molecular flexibility index (Phi) is 5.81. The minimum Gasteiger partial charge on any atom is -0.492 e. The second-order valence-corrected chi connectivity index (χ2v) is 10.7. The molecule has 3 rings (SSSR count). The van der Waals surface area contributed by atoms with Gasteiger partial charge in [-0.25, -0.2) is 16.8 Å². The molecule has 1 unspecified atom stereocenters. The molecular weight excluding hydrogens is 410 g/mol. The van der Waals surface area contributed by atoms with Gasteiger partial charge in [-0.15, -0.1) is 0 Å². The SMILES string of the molecule is CCOc1ccccc1S(=O)(=O)N1CCC(S(=O)(=O)c2ccc(Cl)cc2)C1. The maximum absolute atomic E-state index is 13.0. The fraction of sp³-hybridized carbons (Fsp3) is 0.333. The zero-order chi connectivity index (χ0) is 19.7. The molecule has 0 spiro atoms. The van der Waals surface area contributed by atoms with Crippen LogP contribution in [0, 0.1) is 0 Å². The molecule has 2 aromatic rings. The van der Waals surface area contributed by atoms with Gasteiger partial charge < -0.3 is 4.74 Å². The molecule has 1 aliphatic heterocycles. The summed E-state index contributed by atoms with van der Waals surface area (Å²) in [6.45, 7) is 2.15. The minimum atomic E-state index is -3.85. The van der Waals surface area contributed by atoms with Gasteiger partial charge in [0.1, 0.15) is 10.6 Å². The second-order valence-electron chi connectivity index (χ2n) is 6.15. The van der Waals surface area contributed by atoms with Gasteiger partial charge in [-0.05, 0) is 49.7 Å². The second kappa shape index (κ2) is 7.79. The smallest absolute Gasteiger partial charge is 0.246 e. The van der Waals surface area contributed by atoms with Gasteiger partial charge in [0.15, 0.2) is 9.84 Å². The van der Waals surface area contributed by atoms with Crippen LogP contribution < -0.4 is 4.74 Å². The van der Waals surface area contributed by atoms with Crippen molar-refractivity contribution in [3.8, 4) is 5.75 Å². The first kappa shape index (κ1) is 20.1. The van der Waals surface area contributed by atoms with E-state index in [0.717, 1.165) is 0 Å². The first-order valence-electron chi connectivity index (χ1n) is 8.48. The minimum absolute atomic E-state index is 0.0522. The summed E-state index contributed by atoms with van der Waals surface area (Å²) in [5, 5.41) is -0.357. The van der Waals surface area contributed by atoms with Crippen LogP contribution >= 0.6 is 11.6 Å². The van der Waals surface area contributed by atoms with Crippen molar-refractivity contribution in [3.63, 3.8) is 0 Å². The predicted octanol–water partition coefficient (Wildman–Crippen LogP) is 2.98. The monoisotopic (exact) mass is 429 g/mol. The molecule has 0 amide bonds. The maximum atomic E-state index is 13.0. The van der Waals surface area contributed by atoms with Crippen LogP contribution in [0.25, 0.3) is 0 Å². The Labute approximate surface area is 164 Å². The molecule has 1 heterocycles. The number of rotatable bonds is 6. The molecule has 1 atom stereocenters. The summed E-state index contributed by atoms with van der Waals surface area (Å²) in [6, 6.07) is 12.3. The molecule has 1 aliphatic rings. The van der Waals surface area contributed by atoms with Gasteiger partial charge in [-0.1, -0.05) is 23.7 Å². The van der Waals surface area contributed by atoms with Crippen LogP contribution in [0.2, 0.25) is 5.02 Å². The van der Waals surface area contributed by atoms with Crippen molar-refractivity contribution in [1.82, 2.24) is 4.31 Å². The average molecular weight is 430 g/mol. The Hall–Kier alpha value is -1.61. The number of halogens is 1. The molecule has 2 aromatic carbocycles. The summed E-state index contributed by atoms with van der Waals surface area (Å²) >= 11 is 5.82. The highest BCUT2D eigenvalue weighted by atomic mass is 35.5. The molecule has 0 radical (unpaired) electrons. The normalized spacial score (nSPS) is 18.5. The lowest BCUT2D eigenvalue weighted by atomic mass is 10.3. The van der Waals surface area contributed by atoms with Crippen LogP contribution in [0.4, 0.5) is 0 Å². The number of sulfone groups is 1. The van der Waals surface area contributed by atoms with E-state index in [1.54, 1.807) is 25.1 Å². The Morgan fingerprint density at radius 3 is 2.41 bits per heavy atom. The lowest BCUT2D eigenvalue weighted by Crippen LogP contribution is -2.32. The van der Waals surface area contributed by atoms with Gasteiger partial charge in [0, 0.05) is 18.1 Å². The van der Waals surface area contributed by atoms with E-state index in [1.807, 2.05) is 0 Å². The van der Waals surface area contributed by atoms with Crippen molar-refractivity contribution < 1.29 is 21.6 Å². The molecule has 0 bridgehead atoms. The van der Waals surface area contributed by atoms with Crippen molar-refractivity contribution >= 4 is 31.5 Å². The van der Waals surface area contributed by atoms with Gasteiger partial charge in [0.2, 0.25) is 10.0 Å². The van der Waals surface area contributed by atoms with Crippen LogP contribution in [0.5, 0.6) is 5.75 Å². The standard InChI is InChI=1S/C18H20ClNO5S2/c1-2-25-17-5-3-4-6-18(17)27(23,24)20-12-11-16(13-20)26(21,22)15-9-7-14(19)8-10-15/h3-10,16H,2,11-13H2,1H3. The lowest BCUT2D eigenvalue weighted by molar-refractivity contribution is 0.329. The Balaban J connectivity index is 1.86. The maximum Gasteiger partial charge on any atom is 0.246 e. The zero-order valence-electron chi connectivity index (χ0n) is 14.7. The molecule has 0 aliphatic carbocycles. The fourth-order valence-corrected chi connectivity index (χ4v) is 6.61. The molecule has 1 fully saturated rings. The highest BCUT2D eigenvalue weighted by Gasteiger charge is 2.40. The van der Waals surface area contributed by atoms with E-state index in [4.69, 9.17) is 16.3 Å². The number of hydrogen-bond acceptors (Lipinski definition) is 5. The van der Waals surface area contributed by atoms with Crippen LogP contribution in [0.1, 0.15) is 13.3 Å². The quantitative estimate of drug-likeness (QED) is 0.705. The van der Waals surface area contributed by atoms with E-state index in [-0.39, 0.29) is 35.1 Å². The third kappa shape index (κ3) is 3.99. The number of ether oxygens (including phenoxy) is 1. The molecule has 27 heavy (non-hydrogen) atoms. The summed E-state index contributed by atoms with van der Waals surface area (Å²) in [5.74, 6) is 0.268.